The van der Waals surface area contributed by atoms with E-state index in [1.807, 2.05) is 0 Å². The smallest absolute Gasteiger partial charge is 0.329 e. The van der Waals surface area contributed by atoms with Crippen molar-refractivity contribution < 1.29 is 19.5 Å². The normalized spacial score (nSPS) is 24.4. The highest BCUT2D eigenvalue weighted by molar-refractivity contribution is 5.86. The van der Waals surface area contributed by atoms with Crippen LogP contribution in [0.4, 0.5) is 4.79 Å². The van der Waals surface area contributed by atoms with Crippen LogP contribution in [0.5, 0.6) is 0 Å². The van der Waals surface area contributed by atoms with Gasteiger partial charge in [-0.25, -0.2) is 9.59 Å². The van der Waals surface area contributed by atoms with E-state index < -0.39 is 11.5 Å². The van der Waals surface area contributed by atoms with E-state index in [1.54, 1.807) is 4.90 Å². The third-order valence-electron chi connectivity index (χ3n) is 4.10. The lowest BCUT2D eigenvalue weighted by Gasteiger charge is -2.28. The minimum absolute atomic E-state index is 0.0393. The van der Waals surface area contributed by atoms with Crippen molar-refractivity contribution in [2.24, 2.45) is 0 Å². The molecule has 2 rings (SSSR count). The van der Waals surface area contributed by atoms with Gasteiger partial charge < -0.3 is 20.6 Å². The Balaban J connectivity index is 1.92. The van der Waals surface area contributed by atoms with E-state index >= 15 is 0 Å². The van der Waals surface area contributed by atoms with Gasteiger partial charge in [-0.2, -0.15) is 0 Å². The lowest BCUT2D eigenvalue weighted by Crippen LogP contribution is -2.56. The maximum atomic E-state index is 12.2. The van der Waals surface area contributed by atoms with E-state index in [2.05, 4.69) is 10.6 Å². The molecule has 7 nitrogen and oxygen atoms in total. The maximum absolute atomic E-state index is 12.2. The Kier molecular flexibility index (Phi) is 4.15. The Hall–Kier alpha value is -1.79. The summed E-state index contributed by atoms with van der Waals surface area (Å²) in [5.74, 6) is -1.07. The van der Waals surface area contributed by atoms with E-state index in [0.717, 1.165) is 12.8 Å². The fraction of sp³-hybridized carbons (Fsp3) is 0.769. The summed E-state index contributed by atoms with van der Waals surface area (Å²) in [7, 11) is 0. The van der Waals surface area contributed by atoms with Gasteiger partial charge in [0.15, 0.2) is 0 Å². The Morgan fingerprint density at radius 2 is 1.90 bits per heavy atom. The minimum Gasteiger partial charge on any atom is -0.480 e. The fourth-order valence-electron chi connectivity index (χ4n) is 3.00. The molecule has 0 radical (unpaired) electrons. The number of carbonyl (C=O) groups excluding carboxylic acids is 2. The van der Waals surface area contributed by atoms with Gasteiger partial charge >= 0.3 is 12.0 Å². The van der Waals surface area contributed by atoms with Crippen molar-refractivity contribution in [2.45, 2.75) is 50.6 Å². The highest BCUT2D eigenvalue weighted by atomic mass is 16.4. The zero-order valence-electron chi connectivity index (χ0n) is 11.6. The van der Waals surface area contributed by atoms with E-state index in [-0.39, 0.29) is 18.0 Å². The summed E-state index contributed by atoms with van der Waals surface area (Å²) in [6, 6.07) is -0.384. The van der Waals surface area contributed by atoms with Gasteiger partial charge in [-0.15, -0.1) is 0 Å². The lowest BCUT2D eigenvalue weighted by atomic mass is 9.98. The van der Waals surface area contributed by atoms with Crippen LogP contribution in [0.1, 0.15) is 39.0 Å². The first kappa shape index (κ1) is 14.6. The molecule has 2 fully saturated rings. The molecule has 1 aliphatic heterocycles. The van der Waals surface area contributed by atoms with Gasteiger partial charge in [0.1, 0.15) is 5.54 Å². The molecule has 112 valence electrons. The van der Waals surface area contributed by atoms with Crippen LogP contribution in [0.3, 0.4) is 0 Å². The van der Waals surface area contributed by atoms with E-state index in [1.165, 1.54) is 6.92 Å². The van der Waals surface area contributed by atoms with Gasteiger partial charge in [0.2, 0.25) is 5.91 Å². The van der Waals surface area contributed by atoms with Crippen LogP contribution in [0, 0.1) is 0 Å². The van der Waals surface area contributed by atoms with Crippen molar-refractivity contribution in [3.8, 4) is 0 Å². The number of carboxylic acids is 1. The van der Waals surface area contributed by atoms with Crippen LogP contribution in [-0.4, -0.2) is 52.6 Å². The van der Waals surface area contributed by atoms with E-state index in [9.17, 15) is 19.5 Å². The van der Waals surface area contributed by atoms with Crippen molar-refractivity contribution in [2.75, 3.05) is 13.1 Å². The number of urea groups is 1. The zero-order chi connectivity index (χ0) is 14.8. The quantitative estimate of drug-likeness (QED) is 0.694. The minimum atomic E-state index is -1.11. The largest absolute Gasteiger partial charge is 0.480 e. The number of nitrogens with zero attached hydrogens (tertiary/aromatic N) is 1. The molecular formula is C13H21N3O4. The van der Waals surface area contributed by atoms with Crippen LogP contribution in [0.25, 0.3) is 0 Å². The number of nitrogens with one attached hydrogen (secondary N) is 2. The molecule has 0 aromatic carbocycles. The van der Waals surface area contributed by atoms with Gasteiger partial charge in [0.25, 0.3) is 0 Å². The molecular weight excluding hydrogens is 262 g/mol. The summed E-state index contributed by atoms with van der Waals surface area (Å²) >= 11 is 0. The third-order valence-corrected chi connectivity index (χ3v) is 4.10. The molecule has 3 N–H and O–H groups in total. The standard InChI is InChI=1S/C13H21N3O4/c1-9(17)14-10-4-7-16(8-10)12(20)15-13(11(18)19)5-2-3-6-13/h10H,2-8H2,1H3,(H,14,17)(H,15,20)(H,18,19). The molecule has 0 bridgehead atoms. The fourth-order valence-corrected chi connectivity index (χ4v) is 3.00. The molecule has 1 saturated carbocycles. The summed E-state index contributed by atoms with van der Waals surface area (Å²) in [5, 5.41) is 14.8. The molecule has 20 heavy (non-hydrogen) atoms. The highest BCUT2D eigenvalue weighted by Crippen LogP contribution is 2.30. The first-order valence-corrected chi connectivity index (χ1v) is 7.00. The van der Waals surface area contributed by atoms with Gasteiger partial charge in [-0.05, 0) is 19.3 Å². The SMILES string of the molecule is CC(=O)NC1CCN(C(=O)NC2(C(=O)O)CCCC2)C1. The summed E-state index contributed by atoms with van der Waals surface area (Å²) in [6.45, 7) is 2.41. The molecule has 1 unspecified atom stereocenters. The number of hydrogen-bond acceptors (Lipinski definition) is 3. The monoisotopic (exact) mass is 283 g/mol. The van der Waals surface area contributed by atoms with Crippen molar-refractivity contribution in [3.05, 3.63) is 0 Å². The molecule has 0 aromatic rings. The van der Waals surface area contributed by atoms with Gasteiger partial charge in [0.05, 0.1) is 0 Å². The van der Waals surface area contributed by atoms with Crippen molar-refractivity contribution in [1.82, 2.24) is 15.5 Å². The first-order valence-electron chi connectivity index (χ1n) is 7.00. The van der Waals surface area contributed by atoms with Crippen LogP contribution in [0.2, 0.25) is 0 Å². The van der Waals surface area contributed by atoms with Crippen LogP contribution >= 0.6 is 0 Å². The lowest BCUT2D eigenvalue weighted by molar-refractivity contribution is -0.144. The number of carbonyl (C=O) groups is 3. The molecule has 1 saturated heterocycles. The second kappa shape index (κ2) is 5.68. The van der Waals surface area contributed by atoms with Crippen LogP contribution < -0.4 is 10.6 Å². The van der Waals surface area contributed by atoms with Crippen molar-refractivity contribution in [1.29, 1.82) is 0 Å². The number of aliphatic carboxylic acids is 1. The molecule has 1 aliphatic carbocycles. The zero-order valence-corrected chi connectivity index (χ0v) is 11.6. The molecule has 3 amide bonds. The Labute approximate surface area is 117 Å². The molecule has 0 aromatic heterocycles. The Morgan fingerprint density at radius 1 is 1.25 bits per heavy atom. The summed E-state index contributed by atoms with van der Waals surface area (Å²) in [4.78, 5) is 36.1. The molecule has 1 atom stereocenters. The highest BCUT2D eigenvalue weighted by Gasteiger charge is 2.44. The predicted octanol–water partition coefficient (Wildman–Crippen LogP) is 0.304. The Morgan fingerprint density at radius 3 is 2.45 bits per heavy atom. The number of likely N-dealkylation sites (tertiary alicyclic amines) is 1. The first-order chi connectivity index (χ1) is 9.43. The van der Waals surface area contributed by atoms with Crippen molar-refractivity contribution in [3.63, 3.8) is 0 Å². The van der Waals surface area contributed by atoms with Crippen LogP contribution in [-0.2, 0) is 9.59 Å². The summed E-state index contributed by atoms with van der Waals surface area (Å²) < 4.78 is 0. The summed E-state index contributed by atoms with van der Waals surface area (Å²) in [6.07, 6.45) is 3.31. The van der Waals surface area contributed by atoms with Crippen molar-refractivity contribution >= 4 is 17.9 Å². The number of rotatable bonds is 3. The number of carboxylic acid groups (broad SMARTS) is 1. The van der Waals surface area contributed by atoms with Crippen LogP contribution in [0.15, 0.2) is 0 Å². The second-order valence-corrected chi connectivity index (χ2v) is 5.66. The molecule has 2 aliphatic rings. The number of hydrogen-bond donors (Lipinski definition) is 3. The van der Waals surface area contributed by atoms with Gasteiger partial charge in [0, 0.05) is 26.1 Å². The topological polar surface area (TPSA) is 98.7 Å². The third kappa shape index (κ3) is 3.02. The van der Waals surface area contributed by atoms with E-state index in [0.29, 0.717) is 32.4 Å². The van der Waals surface area contributed by atoms with Gasteiger partial charge in [-0.1, -0.05) is 12.8 Å². The molecule has 1 heterocycles. The second-order valence-electron chi connectivity index (χ2n) is 5.66. The maximum Gasteiger partial charge on any atom is 0.329 e. The van der Waals surface area contributed by atoms with E-state index in [4.69, 9.17) is 0 Å². The van der Waals surface area contributed by atoms with Gasteiger partial charge in [-0.3, -0.25) is 4.79 Å². The average Bonchev–Trinajstić information content (AvgIpc) is 2.98. The predicted molar refractivity (Wildman–Crippen MR) is 71.2 cm³/mol. The average molecular weight is 283 g/mol. The number of amides is 3. The Bertz CT molecular complexity index is 418. The molecule has 7 heteroatoms. The molecule has 0 spiro atoms. The summed E-state index contributed by atoms with van der Waals surface area (Å²) in [5.41, 5.74) is -1.11.